The van der Waals surface area contributed by atoms with Gasteiger partial charge in [-0.2, -0.15) is 0 Å². The van der Waals surface area contributed by atoms with Crippen molar-refractivity contribution in [3.63, 3.8) is 0 Å². The Morgan fingerprint density at radius 1 is 0.571 bits per heavy atom. The van der Waals surface area contributed by atoms with Crippen molar-refractivity contribution in [1.29, 1.82) is 0 Å². The van der Waals surface area contributed by atoms with Crippen LogP contribution in [0.4, 0.5) is 11.4 Å². The second kappa shape index (κ2) is 9.03. The summed E-state index contributed by atoms with van der Waals surface area (Å²) >= 11 is 0. The molecule has 0 unspecified atom stereocenters. The van der Waals surface area contributed by atoms with Gasteiger partial charge in [-0.3, -0.25) is 0 Å². The average Bonchev–Trinajstić information content (AvgIpc) is 2.76. The largest absolute Gasteiger partial charge is 0.377 e. The van der Waals surface area contributed by atoms with Crippen molar-refractivity contribution in [3.05, 3.63) is 48.5 Å². The number of benzene rings is 2. The first kappa shape index (κ1) is 19.4. The monoisotopic (exact) mass is 376 g/mol. The molecule has 0 N–H and O–H groups in total. The first-order valence-corrected chi connectivity index (χ1v) is 11.4. The minimum atomic E-state index is 0.713. The Kier molecular flexibility index (Phi) is 6.24. The van der Waals surface area contributed by atoms with Crippen LogP contribution in [0.25, 0.3) is 11.1 Å². The van der Waals surface area contributed by atoms with E-state index in [1.807, 2.05) is 0 Å². The van der Waals surface area contributed by atoms with Crippen molar-refractivity contribution in [2.24, 2.45) is 0 Å². The van der Waals surface area contributed by atoms with Crippen LogP contribution < -0.4 is 9.80 Å². The lowest BCUT2D eigenvalue weighted by Gasteiger charge is -2.44. The molecule has 0 aromatic heterocycles. The Bertz CT molecular complexity index is 737. The summed E-state index contributed by atoms with van der Waals surface area (Å²) in [6.07, 6.45) is 13.9. The molecule has 2 fully saturated rings. The molecule has 2 nitrogen and oxygen atoms in total. The highest BCUT2D eigenvalue weighted by molar-refractivity contribution is 5.87. The minimum absolute atomic E-state index is 0.713. The third kappa shape index (κ3) is 4.06. The molecule has 0 saturated heterocycles. The maximum Gasteiger partial charge on any atom is 0.0451 e. The van der Waals surface area contributed by atoms with Gasteiger partial charge in [0.1, 0.15) is 0 Å². The fourth-order valence-corrected chi connectivity index (χ4v) is 5.43. The van der Waals surface area contributed by atoms with Crippen molar-refractivity contribution in [2.75, 3.05) is 23.9 Å². The maximum absolute atomic E-state index is 2.88. The zero-order valence-corrected chi connectivity index (χ0v) is 17.7. The molecule has 2 aliphatic rings. The normalized spacial score (nSPS) is 18.8. The van der Waals surface area contributed by atoms with E-state index in [1.54, 1.807) is 0 Å². The fraction of sp³-hybridized carbons (Fsp3) is 0.538. The quantitative estimate of drug-likeness (QED) is 0.560. The second-order valence-corrected chi connectivity index (χ2v) is 8.92. The van der Waals surface area contributed by atoms with Crippen LogP contribution in [0.1, 0.15) is 64.2 Å². The molecule has 0 radical (unpaired) electrons. The van der Waals surface area contributed by atoms with Gasteiger partial charge in [-0.25, -0.2) is 0 Å². The van der Waals surface area contributed by atoms with E-state index in [9.17, 15) is 0 Å². The molecule has 28 heavy (non-hydrogen) atoms. The summed E-state index contributed by atoms with van der Waals surface area (Å²) in [5, 5.41) is 0. The summed E-state index contributed by atoms with van der Waals surface area (Å²) in [4.78, 5) is 5.12. The van der Waals surface area contributed by atoms with Crippen molar-refractivity contribution >= 4 is 11.4 Å². The molecule has 2 saturated carbocycles. The predicted octanol–water partition coefficient (Wildman–Crippen LogP) is 6.89. The Hall–Kier alpha value is -1.96. The smallest absolute Gasteiger partial charge is 0.0451 e. The van der Waals surface area contributed by atoms with Gasteiger partial charge in [-0.15, -0.1) is 0 Å². The number of nitrogens with zero attached hydrogens (tertiary/aromatic N) is 2. The summed E-state index contributed by atoms with van der Waals surface area (Å²) in [5.41, 5.74) is 5.54. The Morgan fingerprint density at radius 3 is 1.50 bits per heavy atom. The highest BCUT2D eigenvalue weighted by atomic mass is 15.2. The summed E-state index contributed by atoms with van der Waals surface area (Å²) in [5.74, 6) is 0. The molecule has 0 atom stereocenters. The van der Waals surface area contributed by atoms with E-state index < -0.39 is 0 Å². The summed E-state index contributed by atoms with van der Waals surface area (Å²) in [6, 6.07) is 19.5. The van der Waals surface area contributed by atoms with Gasteiger partial charge in [-0.1, -0.05) is 74.9 Å². The lowest BCUT2D eigenvalue weighted by atomic mass is 9.87. The third-order valence-corrected chi connectivity index (χ3v) is 6.79. The Morgan fingerprint density at radius 2 is 1.00 bits per heavy atom. The Labute approximate surface area is 171 Å². The SMILES string of the molecule is CN(C)c1ccccc1-c1ccccc1N(C1CCCCC1)C1CCCCC1. The summed E-state index contributed by atoms with van der Waals surface area (Å²) < 4.78 is 0. The number of para-hydroxylation sites is 2. The average molecular weight is 377 g/mol. The first-order valence-electron chi connectivity index (χ1n) is 11.4. The molecule has 2 aromatic rings. The molecule has 0 heterocycles. The van der Waals surface area contributed by atoms with E-state index in [-0.39, 0.29) is 0 Å². The van der Waals surface area contributed by atoms with Gasteiger partial charge in [0.25, 0.3) is 0 Å². The third-order valence-electron chi connectivity index (χ3n) is 6.79. The van der Waals surface area contributed by atoms with Gasteiger partial charge in [0.2, 0.25) is 0 Å². The van der Waals surface area contributed by atoms with Crippen LogP contribution in [0, 0.1) is 0 Å². The van der Waals surface area contributed by atoms with Crippen LogP contribution in [-0.2, 0) is 0 Å². The van der Waals surface area contributed by atoms with Crippen LogP contribution in [0.2, 0.25) is 0 Å². The zero-order valence-electron chi connectivity index (χ0n) is 17.7. The van der Waals surface area contributed by atoms with Crippen LogP contribution in [0.5, 0.6) is 0 Å². The van der Waals surface area contributed by atoms with Gasteiger partial charge in [0, 0.05) is 48.7 Å². The van der Waals surface area contributed by atoms with Gasteiger partial charge < -0.3 is 9.80 Å². The maximum atomic E-state index is 2.88. The molecule has 4 rings (SSSR count). The molecule has 2 aliphatic carbocycles. The lowest BCUT2D eigenvalue weighted by Crippen LogP contribution is -2.45. The molecule has 150 valence electrons. The highest BCUT2D eigenvalue weighted by Gasteiger charge is 2.30. The van der Waals surface area contributed by atoms with Crippen molar-refractivity contribution in [3.8, 4) is 11.1 Å². The van der Waals surface area contributed by atoms with Crippen molar-refractivity contribution in [1.82, 2.24) is 0 Å². The van der Waals surface area contributed by atoms with E-state index in [2.05, 4.69) is 72.4 Å². The van der Waals surface area contributed by atoms with Gasteiger partial charge in [0.15, 0.2) is 0 Å². The molecular weight excluding hydrogens is 340 g/mol. The first-order chi connectivity index (χ1) is 13.8. The number of hydrogen-bond acceptors (Lipinski definition) is 2. The molecule has 0 bridgehead atoms. The van der Waals surface area contributed by atoms with Gasteiger partial charge in [-0.05, 0) is 37.8 Å². The highest BCUT2D eigenvalue weighted by Crippen LogP contribution is 2.41. The summed E-state index contributed by atoms with van der Waals surface area (Å²) in [7, 11) is 4.31. The zero-order chi connectivity index (χ0) is 19.3. The van der Waals surface area contributed by atoms with Crippen molar-refractivity contribution in [2.45, 2.75) is 76.3 Å². The van der Waals surface area contributed by atoms with E-state index in [4.69, 9.17) is 0 Å². The van der Waals surface area contributed by atoms with Crippen LogP contribution >= 0.6 is 0 Å². The lowest BCUT2D eigenvalue weighted by molar-refractivity contribution is 0.340. The number of anilines is 2. The molecule has 0 amide bonds. The van der Waals surface area contributed by atoms with Crippen LogP contribution in [0.3, 0.4) is 0 Å². The van der Waals surface area contributed by atoms with Crippen molar-refractivity contribution < 1.29 is 0 Å². The molecular formula is C26H36N2. The number of hydrogen-bond donors (Lipinski definition) is 0. The van der Waals surface area contributed by atoms with E-state index in [0.29, 0.717) is 12.1 Å². The number of rotatable bonds is 5. The van der Waals surface area contributed by atoms with Gasteiger partial charge in [0.05, 0.1) is 0 Å². The van der Waals surface area contributed by atoms with E-state index in [0.717, 1.165) is 0 Å². The minimum Gasteiger partial charge on any atom is -0.377 e. The Balaban J connectivity index is 1.79. The molecule has 0 aliphatic heterocycles. The van der Waals surface area contributed by atoms with E-state index >= 15 is 0 Å². The predicted molar refractivity (Wildman–Crippen MR) is 122 cm³/mol. The van der Waals surface area contributed by atoms with Gasteiger partial charge >= 0.3 is 0 Å². The topological polar surface area (TPSA) is 6.48 Å². The molecule has 2 aromatic carbocycles. The molecule has 0 spiro atoms. The fourth-order valence-electron chi connectivity index (χ4n) is 5.43. The second-order valence-electron chi connectivity index (χ2n) is 8.92. The van der Waals surface area contributed by atoms with Crippen LogP contribution in [-0.4, -0.2) is 26.2 Å². The summed E-state index contributed by atoms with van der Waals surface area (Å²) in [6.45, 7) is 0. The standard InChI is InChI=1S/C26H36N2/c1-27(2)25-19-11-9-17-23(25)24-18-10-12-20-26(24)28(21-13-5-3-6-14-21)22-15-7-4-8-16-22/h9-12,17-22H,3-8,13-16H2,1-2H3. The molecule has 2 heteroatoms. The van der Waals surface area contributed by atoms with Crippen LogP contribution in [0.15, 0.2) is 48.5 Å². The van der Waals surface area contributed by atoms with E-state index in [1.165, 1.54) is 86.7 Å².